The van der Waals surface area contributed by atoms with E-state index in [1.165, 1.54) is 24.6 Å². The molecule has 1 saturated heterocycles. The number of benzene rings is 2. The molecule has 6 nitrogen and oxygen atoms in total. The molecule has 2 N–H and O–H groups in total. The highest BCUT2D eigenvalue weighted by Crippen LogP contribution is 2.23. The van der Waals surface area contributed by atoms with E-state index < -0.39 is 17.9 Å². The van der Waals surface area contributed by atoms with Crippen molar-refractivity contribution in [1.29, 1.82) is 0 Å². The third-order valence-electron chi connectivity index (χ3n) is 5.52. The van der Waals surface area contributed by atoms with Crippen molar-refractivity contribution in [2.75, 3.05) is 18.0 Å². The Kier molecular flexibility index (Phi) is 8.15. The smallest absolute Gasteiger partial charge is 0.262 e. The van der Waals surface area contributed by atoms with Crippen LogP contribution in [0.2, 0.25) is 10.0 Å². The molecule has 32 heavy (non-hydrogen) atoms. The quantitative estimate of drug-likeness (QED) is 0.446. The predicted octanol–water partition coefficient (Wildman–Crippen LogP) is 4.81. The van der Waals surface area contributed by atoms with E-state index in [1.54, 1.807) is 18.3 Å². The van der Waals surface area contributed by atoms with Gasteiger partial charge >= 0.3 is 0 Å². The topological polar surface area (TPSA) is 73.8 Å². The summed E-state index contributed by atoms with van der Waals surface area (Å²) >= 11 is 11.9. The number of nitrogens with zero attached hydrogens (tertiary/aromatic N) is 2. The van der Waals surface area contributed by atoms with E-state index in [-0.39, 0.29) is 10.9 Å². The number of carbonyl (C=O) groups is 2. The molecule has 0 radical (unpaired) electrons. The highest BCUT2D eigenvalue weighted by Gasteiger charge is 2.24. The summed E-state index contributed by atoms with van der Waals surface area (Å²) in [5.41, 5.74) is 6.10. The van der Waals surface area contributed by atoms with Gasteiger partial charge in [-0.3, -0.25) is 9.59 Å². The fourth-order valence-corrected chi connectivity index (χ4v) is 3.91. The lowest BCUT2D eigenvalue weighted by Gasteiger charge is -2.20. The van der Waals surface area contributed by atoms with Crippen molar-refractivity contribution in [1.82, 2.24) is 10.7 Å². The molecule has 170 valence electrons. The van der Waals surface area contributed by atoms with Crippen LogP contribution in [0.4, 0.5) is 5.69 Å². The number of hydrogen-bond acceptors (Lipinski definition) is 4. The normalized spacial score (nSPS) is 14.8. The van der Waals surface area contributed by atoms with Crippen molar-refractivity contribution in [3.05, 3.63) is 63.1 Å². The maximum atomic E-state index is 12.7. The molecule has 0 saturated carbocycles. The van der Waals surface area contributed by atoms with E-state index >= 15 is 0 Å². The summed E-state index contributed by atoms with van der Waals surface area (Å²) in [6, 6.07) is 10.0. The van der Waals surface area contributed by atoms with Gasteiger partial charge in [-0.15, -0.1) is 0 Å². The van der Waals surface area contributed by atoms with Crippen molar-refractivity contribution >= 4 is 46.9 Å². The summed E-state index contributed by atoms with van der Waals surface area (Å²) in [7, 11) is 0. The second-order valence-electron chi connectivity index (χ2n) is 8.29. The molecule has 1 unspecified atom stereocenters. The van der Waals surface area contributed by atoms with Gasteiger partial charge in [0.15, 0.2) is 0 Å². The molecule has 1 heterocycles. The van der Waals surface area contributed by atoms with Gasteiger partial charge in [0.2, 0.25) is 0 Å². The Morgan fingerprint density at radius 2 is 1.78 bits per heavy atom. The summed E-state index contributed by atoms with van der Waals surface area (Å²) in [5, 5.41) is 7.50. The van der Waals surface area contributed by atoms with Crippen LogP contribution in [0.1, 0.15) is 48.2 Å². The number of anilines is 1. The lowest BCUT2D eigenvalue weighted by molar-refractivity contribution is -0.123. The molecular formula is C24H28Cl2N4O2. The fourth-order valence-electron chi connectivity index (χ4n) is 3.61. The highest BCUT2D eigenvalue weighted by atomic mass is 35.5. The zero-order valence-corrected chi connectivity index (χ0v) is 20.0. The SMILES string of the molecule is Cc1cc(N2CCCC2)ccc1C=NNC(=O)C(NC(=O)c1ccc(Cl)c(Cl)c1)C(C)C. The predicted molar refractivity (Wildman–Crippen MR) is 131 cm³/mol. The van der Waals surface area contributed by atoms with E-state index in [4.69, 9.17) is 23.2 Å². The summed E-state index contributed by atoms with van der Waals surface area (Å²) < 4.78 is 0. The summed E-state index contributed by atoms with van der Waals surface area (Å²) in [6.07, 6.45) is 4.08. The molecule has 0 aliphatic carbocycles. The van der Waals surface area contributed by atoms with Gasteiger partial charge in [0.05, 0.1) is 16.3 Å². The van der Waals surface area contributed by atoms with Crippen molar-refractivity contribution in [3.8, 4) is 0 Å². The Balaban J connectivity index is 1.62. The first kappa shape index (κ1) is 24.1. The second-order valence-corrected chi connectivity index (χ2v) is 9.11. The van der Waals surface area contributed by atoms with Crippen LogP contribution in [0, 0.1) is 12.8 Å². The number of hydrazone groups is 1. The average Bonchev–Trinajstić information content (AvgIpc) is 3.29. The number of nitrogens with one attached hydrogen (secondary N) is 2. The third kappa shape index (κ3) is 6.02. The first-order valence-corrected chi connectivity index (χ1v) is 11.5. The second kappa shape index (κ2) is 10.8. The molecule has 0 bridgehead atoms. The van der Waals surface area contributed by atoms with Crippen LogP contribution in [-0.2, 0) is 4.79 Å². The lowest BCUT2D eigenvalue weighted by Crippen LogP contribution is -2.48. The minimum atomic E-state index is -0.757. The van der Waals surface area contributed by atoms with E-state index in [1.807, 2.05) is 26.8 Å². The van der Waals surface area contributed by atoms with Crippen LogP contribution in [0.15, 0.2) is 41.5 Å². The van der Waals surface area contributed by atoms with E-state index in [9.17, 15) is 9.59 Å². The molecule has 1 aliphatic heterocycles. The van der Waals surface area contributed by atoms with Gasteiger partial charge < -0.3 is 10.2 Å². The minimum absolute atomic E-state index is 0.140. The first-order chi connectivity index (χ1) is 15.3. The molecule has 1 fully saturated rings. The highest BCUT2D eigenvalue weighted by molar-refractivity contribution is 6.42. The maximum Gasteiger partial charge on any atom is 0.262 e. The lowest BCUT2D eigenvalue weighted by atomic mass is 10.0. The number of aryl methyl sites for hydroxylation is 1. The number of carbonyl (C=O) groups excluding carboxylic acids is 2. The van der Waals surface area contributed by atoms with Crippen LogP contribution in [0.3, 0.4) is 0 Å². The zero-order chi connectivity index (χ0) is 23.3. The first-order valence-electron chi connectivity index (χ1n) is 10.7. The van der Waals surface area contributed by atoms with Gasteiger partial charge in [0, 0.05) is 24.3 Å². The van der Waals surface area contributed by atoms with Crippen LogP contribution in [-0.4, -0.2) is 37.2 Å². The molecule has 0 spiro atoms. The number of rotatable bonds is 7. The molecule has 2 aromatic carbocycles. The van der Waals surface area contributed by atoms with Crippen LogP contribution >= 0.6 is 23.2 Å². The van der Waals surface area contributed by atoms with Gasteiger partial charge in [0.25, 0.3) is 11.8 Å². The molecule has 1 atom stereocenters. The Morgan fingerprint density at radius 3 is 2.41 bits per heavy atom. The summed E-state index contributed by atoms with van der Waals surface area (Å²) in [5.74, 6) is -0.941. The third-order valence-corrected chi connectivity index (χ3v) is 6.26. The van der Waals surface area contributed by atoms with Crippen molar-refractivity contribution in [2.45, 2.75) is 39.7 Å². The van der Waals surface area contributed by atoms with E-state index in [2.05, 4.69) is 32.9 Å². The standard InChI is InChI=1S/C24H28Cl2N4O2/c1-15(2)22(28-23(31)17-7-9-20(25)21(26)13-17)24(32)29-27-14-18-6-8-19(12-16(18)3)30-10-4-5-11-30/h6-9,12-15,22H,4-5,10-11H2,1-3H3,(H,28,31)(H,29,32). The molecule has 3 rings (SSSR count). The van der Waals surface area contributed by atoms with Crippen molar-refractivity contribution in [2.24, 2.45) is 11.0 Å². The van der Waals surface area contributed by atoms with Gasteiger partial charge in [-0.05, 0) is 67.1 Å². The average molecular weight is 475 g/mol. The van der Waals surface area contributed by atoms with E-state index in [0.29, 0.717) is 10.6 Å². The fraction of sp³-hybridized carbons (Fsp3) is 0.375. The van der Waals surface area contributed by atoms with Gasteiger partial charge in [-0.25, -0.2) is 5.43 Å². The van der Waals surface area contributed by atoms with E-state index in [0.717, 1.165) is 24.2 Å². The minimum Gasteiger partial charge on any atom is -0.372 e. The molecule has 2 aromatic rings. The number of hydrogen-bond donors (Lipinski definition) is 2. The molecule has 1 aliphatic rings. The Hall–Kier alpha value is -2.57. The maximum absolute atomic E-state index is 12.7. The molecular weight excluding hydrogens is 447 g/mol. The van der Waals surface area contributed by atoms with Crippen molar-refractivity contribution < 1.29 is 9.59 Å². The number of amides is 2. The van der Waals surface area contributed by atoms with Crippen LogP contribution < -0.4 is 15.6 Å². The Morgan fingerprint density at radius 1 is 1.06 bits per heavy atom. The van der Waals surface area contributed by atoms with Crippen molar-refractivity contribution in [3.63, 3.8) is 0 Å². The zero-order valence-electron chi connectivity index (χ0n) is 18.5. The summed E-state index contributed by atoms with van der Waals surface area (Å²) in [4.78, 5) is 27.6. The largest absolute Gasteiger partial charge is 0.372 e. The van der Waals surface area contributed by atoms with Gasteiger partial charge in [-0.1, -0.05) is 43.1 Å². The molecule has 8 heteroatoms. The Bertz CT molecular complexity index is 1020. The van der Waals surface area contributed by atoms with Gasteiger partial charge in [0.1, 0.15) is 6.04 Å². The van der Waals surface area contributed by atoms with Gasteiger partial charge in [-0.2, -0.15) is 5.10 Å². The summed E-state index contributed by atoms with van der Waals surface area (Å²) in [6.45, 7) is 7.91. The Labute approximate surface area is 199 Å². The van der Waals surface area contributed by atoms with Crippen LogP contribution in [0.25, 0.3) is 0 Å². The number of halogens is 2. The molecule has 0 aromatic heterocycles. The van der Waals surface area contributed by atoms with Crippen LogP contribution in [0.5, 0.6) is 0 Å². The monoisotopic (exact) mass is 474 g/mol. The molecule has 2 amide bonds.